The number of aromatic nitrogens is 4. The number of benzene rings is 1. The number of rotatable bonds is 3. The van der Waals surface area contributed by atoms with Crippen molar-refractivity contribution >= 4 is 35.3 Å². The first-order chi connectivity index (χ1) is 16.9. The van der Waals surface area contributed by atoms with Gasteiger partial charge in [-0.2, -0.15) is 5.10 Å². The van der Waals surface area contributed by atoms with Gasteiger partial charge in [-0.3, -0.25) is 4.98 Å². The molecule has 2 aliphatic rings. The van der Waals surface area contributed by atoms with Crippen molar-refractivity contribution in [1.82, 2.24) is 19.6 Å². The summed E-state index contributed by atoms with van der Waals surface area (Å²) in [6, 6.07) is 10.3. The molecule has 1 atom stereocenters. The predicted molar refractivity (Wildman–Crippen MR) is 145 cm³/mol. The number of methoxy groups -OCH3 is 1. The van der Waals surface area contributed by atoms with E-state index in [0.29, 0.717) is 5.02 Å². The van der Waals surface area contributed by atoms with Crippen LogP contribution < -0.4 is 15.4 Å². The molecular weight excluding hydrogens is 495 g/mol. The Morgan fingerprint density at radius 1 is 1.08 bits per heavy atom. The molecule has 1 spiro atoms. The first kappa shape index (κ1) is 24.8. The summed E-state index contributed by atoms with van der Waals surface area (Å²) in [5.41, 5.74) is 14.0. The predicted octanol–water partition coefficient (Wildman–Crippen LogP) is 5.33. The lowest BCUT2D eigenvalue weighted by molar-refractivity contribution is 0.187. The van der Waals surface area contributed by atoms with E-state index in [-0.39, 0.29) is 23.9 Å². The molecule has 9 heteroatoms. The minimum Gasteiger partial charge on any atom is -0.497 e. The molecule has 0 bridgehead atoms. The van der Waals surface area contributed by atoms with Crippen LogP contribution in [0.5, 0.6) is 5.75 Å². The minimum atomic E-state index is 0. The molecule has 7 nitrogen and oxygen atoms in total. The third kappa shape index (κ3) is 3.72. The summed E-state index contributed by atoms with van der Waals surface area (Å²) in [5, 5.41) is 5.28. The first-order valence-electron chi connectivity index (χ1n) is 12.0. The van der Waals surface area contributed by atoms with Crippen molar-refractivity contribution in [3.05, 3.63) is 70.3 Å². The smallest absolute Gasteiger partial charge is 0.155 e. The summed E-state index contributed by atoms with van der Waals surface area (Å²) in [7, 11) is 1.71. The number of nitrogens with zero attached hydrogens (tertiary/aromatic N) is 5. The fourth-order valence-corrected chi connectivity index (χ4v) is 6.17. The number of ether oxygens (including phenoxy) is 1. The maximum Gasteiger partial charge on any atom is 0.155 e. The van der Waals surface area contributed by atoms with Gasteiger partial charge in [0.1, 0.15) is 11.3 Å². The van der Waals surface area contributed by atoms with Gasteiger partial charge < -0.3 is 15.4 Å². The van der Waals surface area contributed by atoms with Gasteiger partial charge in [0.25, 0.3) is 0 Å². The van der Waals surface area contributed by atoms with E-state index in [0.717, 1.165) is 72.1 Å². The molecular formula is C27H30Cl2N6O. The van der Waals surface area contributed by atoms with Crippen LogP contribution >= 0.6 is 24.0 Å². The molecule has 1 aromatic carbocycles. The van der Waals surface area contributed by atoms with Gasteiger partial charge in [0.15, 0.2) is 5.82 Å². The van der Waals surface area contributed by atoms with Crippen LogP contribution in [0.15, 0.2) is 42.7 Å². The highest BCUT2D eigenvalue weighted by atomic mass is 35.5. The first-order valence-corrected chi connectivity index (χ1v) is 12.4. The highest BCUT2D eigenvalue weighted by molar-refractivity contribution is 6.33. The van der Waals surface area contributed by atoms with Gasteiger partial charge in [0, 0.05) is 30.9 Å². The maximum atomic E-state index is 6.85. The summed E-state index contributed by atoms with van der Waals surface area (Å²) in [6.45, 7) is 5.74. The molecule has 0 saturated carbocycles. The van der Waals surface area contributed by atoms with E-state index in [1.165, 1.54) is 11.1 Å². The van der Waals surface area contributed by atoms with Crippen LogP contribution in [-0.2, 0) is 6.42 Å². The van der Waals surface area contributed by atoms with Crippen LogP contribution in [0, 0.1) is 19.3 Å². The molecule has 0 radical (unpaired) electrons. The van der Waals surface area contributed by atoms with Gasteiger partial charge in [-0.05, 0) is 73.9 Å². The van der Waals surface area contributed by atoms with Gasteiger partial charge in [-0.25, -0.2) is 9.50 Å². The molecule has 36 heavy (non-hydrogen) atoms. The number of fused-ring (bicyclic) bond motifs is 2. The zero-order valence-electron chi connectivity index (χ0n) is 20.7. The second-order valence-corrected chi connectivity index (χ2v) is 10.2. The summed E-state index contributed by atoms with van der Waals surface area (Å²) < 4.78 is 7.41. The van der Waals surface area contributed by atoms with Crippen molar-refractivity contribution in [2.45, 2.75) is 39.2 Å². The van der Waals surface area contributed by atoms with Crippen LogP contribution in [0.2, 0.25) is 5.02 Å². The molecule has 6 rings (SSSR count). The summed E-state index contributed by atoms with van der Waals surface area (Å²) in [5.74, 6) is 1.84. The Labute approximate surface area is 222 Å². The van der Waals surface area contributed by atoms with E-state index < -0.39 is 0 Å². The number of aryl methyl sites for hydroxylation is 2. The molecule has 1 fully saturated rings. The summed E-state index contributed by atoms with van der Waals surface area (Å²) in [4.78, 5) is 11.8. The van der Waals surface area contributed by atoms with Crippen LogP contribution in [-0.4, -0.2) is 39.8 Å². The van der Waals surface area contributed by atoms with Gasteiger partial charge in [0.2, 0.25) is 0 Å². The SMILES string of the molecule is COc1ccc2c(c1)[C@@H](N)C1(CCN(c3nc(C)c(-c4ccnc(C)c4Cl)n4nccc34)CC1)C2.Cl. The van der Waals surface area contributed by atoms with Crippen molar-refractivity contribution in [3.63, 3.8) is 0 Å². The van der Waals surface area contributed by atoms with Crippen molar-refractivity contribution in [1.29, 1.82) is 0 Å². The second-order valence-electron chi connectivity index (χ2n) is 9.82. The fourth-order valence-electron chi connectivity index (χ4n) is 5.97. The maximum absolute atomic E-state index is 6.85. The molecule has 0 amide bonds. The van der Waals surface area contributed by atoms with E-state index in [1.807, 2.05) is 42.8 Å². The number of nitrogens with two attached hydrogens (primary N) is 1. The Kier molecular flexibility index (Phi) is 6.35. The number of anilines is 1. The van der Waals surface area contributed by atoms with Crippen LogP contribution in [0.3, 0.4) is 0 Å². The lowest BCUT2D eigenvalue weighted by Crippen LogP contribution is -2.44. The number of piperidine rings is 1. The van der Waals surface area contributed by atoms with E-state index in [9.17, 15) is 0 Å². The Balaban J connectivity index is 0.00000267. The van der Waals surface area contributed by atoms with Gasteiger partial charge in [0.05, 0.1) is 35.4 Å². The number of hydrogen-bond donors (Lipinski definition) is 1. The Hall–Kier alpha value is -2.87. The highest BCUT2D eigenvalue weighted by Crippen LogP contribution is 2.52. The fraction of sp³-hybridized carbons (Fsp3) is 0.370. The molecule has 2 N–H and O–H groups in total. The quantitative estimate of drug-likeness (QED) is 0.389. The molecule has 4 heterocycles. The van der Waals surface area contributed by atoms with E-state index in [4.69, 9.17) is 27.1 Å². The van der Waals surface area contributed by atoms with Gasteiger partial charge in [-0.15, -0.1) is 12.4 Å². The Morgan fingerprint density at radius 3 is 2.61 bits per heavy atom. The average Bonchev–Trinajstić information content (AvgIpc) is 3.45. The number of pyridine rings is 1. The summed E-state index contributed by atoms with van der Waals surface area (Å²) >= 11 is 6.63. The molecule has 0 unspecified atom stereocenters. The third-order valence-electron chi connectivity index (χ3n) is 7.97. The standard InChI is InChI=1S/C27H29ClN6O.ClH/c1-16-23(28)20(6-10-30-16)24-17(2)32-26(22-7-11-31-34(22)24)33-12-8-27(9-13-33)15-18-4-5-19(35-3)14-21(18)25(27)29;/h4-7,10-11,14,25H,8-9,12-13,15,29H2,1-3H3;1H/t25-;/m1./s1. The van der Waals surface area contributed by atoms with Gasteiger partial charge >= 0.3 is 0 Å². The van der Waals surface area contributed by atoms with Crippen molar-refractivity contribution < 1.29 is 4.74 Å². The van der Waals surface area contributed by atoms with Gasteiger partial charge in [-0.1, -0.05) is 17.7 Å². The largest absolute Gasteiger partial charge is 0.497 e. The lowest BCUT2D eigenvalue weighted by atomic mass is 9.73. The zero-order valence-corrected chi connectivity index (χ0v) is 22.2. The van der Waals surface area contributed by atoms with Crippen LogP contribution in [0.25, 0.3) is 16.8 Å². The van der Waals surface area contributed by atoms with E-state index >= 15 is 0 Å². The van der Waals surface area contributed by atoms with Crippen LogP contribution in [0.1, 0.15) is 41.4 Å². The molecule has 1 aliphatic heterocycles. The van der Waals surface area contributed by atoms with Crippen LogP contribution in [0.4, 0.5) is 5.82 Å². The summed E-state index contributed by atoms with van der Waals surface area (Å²) in [6.07, 6.45) is 6.66. The molecule has 4 aromatic rings. The number of hydrogen-bond acceptors (Lipinski definition) is 6. The molecule has 188 valence electrons. The van der Waals surface area contributed by atoms with Crippen molar-refractivity contribution in [2.75, 3.05) is 25.1 Å². The zero-order chi connectivity index (χ0) is 24.3. The minimum absolute atomic E-state index is 0. The highest BCUT2D eigenvalue weighted by Gasteiger charge is 2.46. The number of halogens is 2. The van der Waals surface area contributed by atoms with Crippen molar-refractivity contribution in [3.8, 4) is 17.0 Å². The average molecular weight is 525 g/mol. The molecule has 3 aromatic heterocycles. The second kappa shape index (κ2) is 9.21. The third-order valence-corrected chi connectivity index (χ3v) is 8.44. The monoisotopic (exact) mass is 524 g/mol. The molecule has 1 aliphatic carbocycles. The lowest BCUT2D eigenvalue weighted by Gasteiger charge is -2.42. The van der Waals surface area contributed by atoms with Crippen molar-refractivity contribution in [2.24, 2.45) is 11.1 Å². The normalized spacial score (nSPS) is 18.4. The molecule has 1 saturated heterocycles. The van der Waals surface area contributed by atoms with E-state index in [2.05, 4.69) is 27.1 Å². The Morgan fingerprint density at radius 2 is 1.86 bits per heavy atom. The Bertz CT molecular complexity index is 1440. The van der Waals surface area contributed by atoms with E-state index in [1.54, 1.807) is 13.3 Å². The topological polar surface area (TPSA) is 81.6 Å².